The standard InChI is InChI=1S/C12H14BrCl2NO2/c1-16(6-9(14)7-18-2)12(17)10-5-8(13)3-4-11(10)15/h3-5,9H,6-7H2,1-2H3. The fraction of sp³-hybridized carbons (Fsp3) is 0.417. The van der Waals surface area contributed by atoms with Crippen molar-refractivity contribution < 1.29 is 9.53 Å². The van der Waals surface area contributed by atoms with Crippen LogP contribution in [0.3, 0.4) is 0 Å². The number of rotatable bonds is 5. The third-order valence-electron chi connectivity index (χ3n) is 2.32. The van der Waals surface area contributed by atoms with E-state index in [9.17, 15) is 4.79 Å². The Bertz CT molecular complexity index is 429. The number of carbonyl (C=O) groups is 1. The Kier molecular flexibility index (Phi) is 6.43. The summed E-state index contributed by atoms with van der Waals surface area (Å²) < 4.78 is 5.74. The molecule has 1 amide bonds. The van der Waals surface area contributed by atoms with Crippen molar-refractivity contribution in [3.8, 4) is 0 Å². The van der Waals surface area contributed by atoms with Crippen molar-refractivity contribution >= 4 is 45.0 Å². The lowest BCUT2D eigenvalue weighted by Gasteiger charge is -2.20. The zero-order valence-corrected chi connectivity index (χ0v) is 13.2. The molecule has 1 aromatic carbocycles. The van der Waals surface area contributed by atoms with Crippen LogP contribution in [0.15, 0.2) is 22.7 Å². The van der Waals surface area contributed by atoms with Crippen LogP contribution in [0, 0.1) is 0 Å². The maximum Gasteiger partial charge on any atom is 0.255 e. The van der Waals surface area contributed by atoms with Gasteiger partial charge in [0, 0.05) is 25.2 Å². The van der Waals surface area contributed by atoms with Gasteiger partial charge in [0.05, 0.1) is 22.6 Å². The number of nitrogens with zero attached hydrogens (tertiary/aromatic N) is 1. The summed E-state index contributed by atoms with van der Waals surface area (Å²) in [4.78, 5) is 13.7. The predicted molar refractivity (Wildman–Crippen MR) is 77.6 cm³/mol. The van der Waals surface area contributed by atoms with Gasteiger partial charge in [-0.1, -0.05) is 27.5 Å². The molecule has 0 bridgehead atoms. The first-order valence-electron chi connectivity index (χ1n) is 5.29. The molecule has 3 nitrogen and oxygen atoms in total. The Morgan fingerprint density at radius 3 is 2.83 bits per heavy atom. The quantitative estimate of drug-likeness (QED) is 0.758. The fourth-order valence-electron chi connectivity index (χ4n) is 1.48. The first-order chi connectivity index (χ1) is 8.45. The van der Waals surface area contributed by atoms with E-state index >= 15 is 0 Å². The van der Waals surface area contributed by atoms with Crippen molar-refractivity contribution in [2.45, 2.75) is 5.38 Å². The summed E-state index contributed by atoms with van der Waals surface area (Å²) in [6.45, 7) is 0.794. The number of hydrogen-bond donors (Lipinski definition) is 0. The zero-order chi connectivity index (χ0) is 13.7. The fourth-order valence-corrected chi connectivity index (χ4v) is 2.37. The number of amides is 1. The van der Waals surface area contributed by atoms with Crippen molar-refractivity contribution in [2.24, 2.45) is 0 Å². The van der Waals surface area contributed by atoms with Gasteiger partial charge in [-0.15, -0.1) is 11.6 Å². The minimum atomic E-state index is -0.241. The summed E-state index contributed by atoms with van der Waals surface area (Å²) >= 11 is 15.3. The molecule has 6 heteroatoms. The van der Waals surface area contributed by atoms with Crippen molar-refractivity contribution in [3.63, 3.8) is 0 Å². The maximum absolute atomic E-state index is 12.2. The molecule has 0 radical (unpaired) electrons. The molecule has 0 heterocycles. The Hall–Kier alpha value is -0.290. The van der Waals surface area contributed by atoms with Crippen LogP contribution in [-0.4, -0.2) is 43.5 Å². The van der Waals surface area contributed by atoms with Crippen molar-refractivity contribution in [2.75, 3.05) is 27.3 Å². The third-order valence-corrected chi connectivity index (χ3v) is 3.41. The highest BCUT2D eigenvalue weighted by Crippen LogP contribution is 2.22. The molecule has 100 valence electrons. The molecule has 0 N–H and O–H groups in total. The lowest BCUT2D eigenvalue weighted by atomic mass is 10.2. The lowest BCUT2D eigenvalue weighted by molar-refractivity contribution is 0.0782. The van der Waals surface area contributed by atoms with Crippen LogP contribution in [0.5, 0.6) is 0 Å². The Morgan fingerprint density at radius 1 is 1.56 bits per heavy atom. The molecule has 1 aromatic rings. The average Bonchev–Trinajstić information content (AvgIpc) is 2.31. The third kappa shape index (κ3) is 4.43. The van der Waals surface area contributed by atoms with E-state index in [1.54, 1.807) is 32.4 Å². The monoisotopic (exact) mass is 353 g/mol. The Labute approximate surface area is 125 Å². The summed E-state index contributed by atoms with van der Waals surface area (Å²) in [5.74, 6) is -0.164. The molecule has 0 fully saturated rings. The van der Waals surface area contributed by atoms with E-state index < -0.39 is 0 Å². The molecule has 0 saturated heterocycles. The van der Waals surface area contributed by atoms with Crippen LogP contribution < -0.4 is 0 Å². The van der Waals surface area contributed by atoms with E-state index in [0.717, 1.165) is 4.47 Å². The van der Waals surface area contributed by atoms with Gasteiger partial charge in [0.25, 0.3) is 5.91 Å². The molecule has 0 aliphatic carbocycles. The smallest absolute Gasteiger partial charge is 0.255 e. The van der Waals surface area contributed by atoms with E-state index in [4.69, 9.17) is 27.9 Å². The summed E-state index contributed by atoms with van der Waals surface area (Å²) in [6.07, 6.45) is 0. The number of carbonyl (C=O) groups excluding carboxylic acids is 1. The van der Waals surface area contributed by atoms with Gasteiger partial charge in [0.2, 0.25) is 0 Å². The Balaban J connectivity index is 2.77. The molecule has 1 unspecified atom stereocenters. The van der Waals surface area contributed by atoms with Crippen molar-refractivity contribution in [1.29, 1.82) is 0 Å². The SMILES string of the molecule is COCC(Cl)CN(C)C(=O)c1cc(Br)ccc1Cl. The van der Waals surface area contributed by atoms with E-state index in [-0.39, 0.29) is 11.3 Å². The van der Waals surface area contributed by atoms with Gasteiger partial charge in [0.15, 0.2) is 0 Å². The molecule has 1 atom stereocenters. The van der Waals surface area contributed by atoms with Gasteiger partial charge < -0.3 is 9.64 Å². The van der Waals surface area contributed by atoms with Gasteiger partial charge in [-0.3, -0.25) is 4.79 Å². The second-order valence-electron chi connectivity index (χ2n) is 3.86. The molecule has 0 aromatic heterocycles. The van der Waals surface area contributed by atoms with Crippen molar-refractivity contribution in [1.82, 2.24) is 4.90 Å². The topological polar surface area (TPSA) is 29.5 Å². The normalized spacial score (nSPS) is 12.3. The summed E-state index contributed by atoms with van der Waals surface area (Å²) in [6, 6.07) is 5.16. The first-order valence-corrected chi connectivity index (χ1v) is 6.90. The summed E-state index contributed by atoms with van der Waals surface area (Å²) in [7, 11) is 3.26. The highest BCUT2D eigenvalue weighted by molar-refractivity contribution is 9.10. The van der Waals surface area contributed by atoms with Gasteiger partial charge in [0.1, 0.15) is 0 Å². The maximum atomic E-state index is 12.2. The van der Waals surface area contributed by atoms with Crippen LogP contribution >= 0.6 is 39.1 Å². The first kappa shape index (κ1) is 15.8. The van der Waals surface area contributed by atoms with E-state index in [0.29, 0.717) is 23.7 Å². The molecule has 18 heavy (non-hydrogen) atoms. The van der Waals surface area contributed by atoms with Crippen LogP contribution in [0.1, 0.15) is 10.4 Å². The minimum absolute atomic E-state index is 0.164. The molecular weight excluding hydrogens is 341 g/mol. The number of ether oxygens (including phenoxy) is 1. The molecular formula is C12H14BrCl2NO2. The zero-order valence-electron chi connectivity index (χ0n) is 10.1. The van der Waals surface area contributed by atoms with Gasteiger partial charge in [-0.25, -0.2) is 0 Å². The largest absolute Gasteiger partial charge is 0.383 e. The Morgan fingerprint density at radius 2 is 2.22 bits per heavy atom. The second kappa shape index (κ2) is 7.34. The van der Waals surface area contributed by atoms with Crippen LogP contribution in [-0.2, 0) is 4.74 Å². The van der Waals surface area contributed by atoms with E-state index in [1.807, 2.05) is 0 Å². The molecule has 0 aliphatic rings. The molecule has 0 aliphatic heterocycles. The number of methoxy groups -OCH3 is 1. The van der Waals surface area contributed by atoms with Gasteiger partial charge in [-0.05, 0) is 18.2 Å². The highest BCUT2D eigenvalue weighted by atomic mass is 79.9. The minimum Gasteiger partial charge on any atom is -0.383 e. The number of hydrogen-bond acceptors (Lipinski definition) is 2. The van der Waals surface area contributed by atoms with Crippen LogP contribution in [0.2, 0.25) is 5.02 Å². The lowest BCUT2D eigenvalue weighted by Crippen LogP contribution is -2.34. The summed E-state index contributed by atoms with van der Waals surface area (Å²) in [5, 5.41) is 0.183. The van der Waals surface area contributed by atoms with Crippen molar-refractivity contribution in [3.05, 3.63) is 33.3 Å². The van der Waals surface area contributed by atoms with Crippen LogP contribution in [0.4, 0.5) is 0 Å². The summed E-state index contributed by atoms with van der Waals surface area (Å²) in [5.41, 5.74) is 0.454. The van der Waals surface area contributed by atoms with E-state index in [1.165, 1.54) is 4.90 Å². The predicted octanol–water partition coefficient (Wildman–Crippen LogP) is 3.43. The molecule has 0 spiro atoms. The van der Waals surface area contributed by atoms with Gasteiger partial charge in [-0.2, -0.15) is 0 Å². The number of benzene rings is 1. The highest BCUT2D eigenvalue weighted by Gasteiger charge is 2.18. The number of alkyl halides is 1. The molecule has 1 rings (SSSR count). The van der Waals surface area contributed by atoms with E-state index in [2.05, 4.69) is 15.9 Å². The molecule has 0 saturated carbocycles. The van der Waals surface area contributed by atoms with Gasteiger partial charge >= 0.3 is 0 Å². The van der Waals surface area contributed by atoms with Crippen LogP contribution in [0.25, 0.3) is 0 Å². The number of halogens is 3. The average molecular weight is 355 g/mol. The second-order valence-corrected chi connectivity index (χ2v) is 5.80.